The van der Waals surface area contributed by atoms with E-state index in [0.29, 0.717) is 31.9 Å². The van der Waals surface area contributed by atoms with E-state index in [2.05, 4.69) is 15.2 Å². The van der Waals surface area contributed by atoms with Crippen LogP contribution in [0.1, 0.15) is 21.1 Å². The van der Waals surface area contributed by atoms with Crippen LogP contribution in [-0.4, -0.2) is 35.9 Å². The first-order valence-corrected chi connectivity index (χ1v) is 7.82. The number of carbonyl (C=O) groups excluding carboxylic acids is 1. The molecule has 0 saturated carbocycles. The summed E-state index contributed by atoms with van der Waals surface area (Å²) in [5.41, 5.74) is 6.91. The van der Waals surface area contributed by atoms with E-state index in [0.717, 1.165) is 10.6 Å². The van der Waals surface area contributed by atoms with Crippen LogP contribution >= 0.6 is 36.2 Å². The van der Waals surface area contributed by atoms with Crippen molar-refractivity contribution in [2.75, 3.05) is 20.1 Å². The summed E-state index contributed by atoms with van der Waals surface area (Å²) in [6, 6.07) is 6.41. The van der Waals surface area contributed by atoms with Gasteiger partial charge in [0.15, 0.2) is 0 Å². The third-order valence-electron chi connectivity index (χ3n) is 3.10. The number of carbonyl (C=O) groups is 1. The van der Waals surface area contributed by atoms with Crippen LogP contribution in [0.15, 0.2) is 29.6 Å². The zero-order chi connectivity index (χ0) is 15.9. The average molecular weight is 395 g/mol. The highest BCUT2D eigenvalue weighted by atomic mass is 35.5. The predicted octanol–water partition coefficient (Wildman–Crippen LogP) is 2.45. The molecule has 3 N–H and O–H groups in total. The highest BCUT2D eigenvalue weighted by Crippen LogP contribution is 2.08. The van der Waals surface area contributed by atoms with Gasteiger partial charge in [-0.25, -0.2) is 9.37 Å². The quantitative estimate of drug-likeness (QED) is 0.756. The summed E-state index contributed by atoms with van der Waals surface area (Å²) >= 11 is 1.38. The monoisotopic (exact) mass is 394 g/mol. The number of halogens is 3. The van der Waals surface area contributed by atoms with Gasteiger partial charge in [0.25, 0.3) is 5.91 Å². The second kappa shape index (κ2) is 11.3. The molecule has 5 nitrogen and oxygen atoms in total. The molecule has 134 valence electrons. The van der Waals surface area contributed by atoms with E-state index in [1.165, 1.54) is 23.5 Å². The number of aromatic nitrogens is 1. The van der Waals surface area contributed by atoms with Crippen molar-refractivity contribution in [3.05, 3.63) is 51.7 Å². The lowest BCUT2D eigenvalue weighted by molar-refractivity contribution is 0.0945. The van der Waals surface area contributed by atoms with Gasteiger partial charge in [-0.15, -0.1) is 36.2 Å². The molecule has 0 aliphatic heterocycles. The molecule has 0 atom stereocenters. The number of rotatable bonds is 7. The highest BCUT2D eigenvalue weighted by Gasteiger charge is 2.10. The van der Waals surface area contributed by atoms with E-state index in [1.54, 1.807) is 17.5 Å². The molecule has 0 aliphatic rings. The van der Waals surface area contributed by atoms with Gasteiger partial charge in [0.05, 0.1) is 0 Å². The minimum absolute atomic E-state index is 0. The second-order valence-corrected chi connectivity index (χ2v) is 5.89. The average Bonchev–Trinajstić information content (AvgIpc) is 2.98. The number of thiazole rings is 1. The Labute approximate surface area is 157 Å². The van der Waals surface area contributed by atoms with Crippen molar-refractivity contribution in [2.24, 2.45) is 5.73 Å². The standard InChI is InChI=1S/C15H19FN4OS.2ClH/c1-20(9-11-2-4-12(16)5-3-11)7-6-18-15(21)13-10-22-14(8-17)19-13;;/h2-5,10H,6-9,17H2,1H3,(H,18,21);2*1H. The number of likely N-dealkylation sites (N-methyl/N-ethyl adjacent to an activating group) is 1. The van der Waals surface area contributed by atoms with Crippen molar-refractivity contribution in [1.82, 2.24) is 15.2 Å². The molecule has 0 spiro atoms. The first kappa shape index (κ1) is 22.8. The summed E-state index contributed by atoms with van der Waals surface area (Å²) in [5, 5.41) is 5.28. The number of hydrogen-bond acceptors (Lipinski definition) is 5. The summed E-state index contributed by atoms with van der Waals surface area (Å²) in [6.07, 6.45) is 0. The van der Waals surface area contributed by atoms with Crippen molar-refractivity contribution in [2.45, 2.75) is 13.1 Å². The van der Waals surface area contributed by atoms with Crippen LogP contribution in [0.3, 0.4) is 0 Å². The van der Waals surface area contributed by atoms with E-state index in [9.17, 15) is 9.18 Å². The van der Waals surface area contributed by atoms with E-state index >= 15 is 0 Å². The van der Waals surface area contributed by atoms with Gasteiger partial charge in [-0.3, -0.25) is 4.79 Å². The Bertz CT molecular complexity index is 624. The maximum Gasteiger partial charge on any atom is 0.270 e. The van der Waals surface area contributed by atoms with Crippen molar-refractivity contribution < 1.29 is 9.18 Å². The molecular formula is C15H21Cl2FN4OS. The van der Waals surface area contributed by atoms with Crippen molar-refractivity contribution in [3.63, 3.8) is 0 Å². The van der Waals surface area contributed by atoms with Gasteiger partial charge in [-0.2, -0.15) is 0 Å². The highest BCUT2D eigenvalue weighted by molar-refractivity contribution is 7.09. The lowest BCUT2D eigenvalue weighted by atomic mass is 10.2. The Morgan fingerprint density at radius 3 is 2.58 bits per heavy atom. The molecule has 0 saturated heterocycles. The lowest BCUT2D eigenvalue weighted by Crippen LogP contribution is -2.33. The molecule has 0 fully saturated rings. The molecule has 0 aliphatic carbocycles. The van der Waals surface area contributed by atoms with Crippen molar-refractivity contribution in [1.29, 1.82) is 0 Å². The summed E-state index contributed by atoms with van der Waals surface area (Å²) in [6.45, 7) is 2.26. The fraction of sp³-hybridized carbons (Fsp3) is 0.333. The summed E-state index contributed by atoms with van der Waals surface area (Å²) in [4.78, 5) is 18.1. The predicted molar refractivity (Wildman–Crippen MR) is 99.6 cm³/mol. The van der Waals surface area contributed by atoms with Gasteiger partial charge in [-0.05, 0) is 24.7 Å². The number of hydrogen-bond donors (Lipinski definition) is 2. The second-order valence-electron chi connectivity index (χ2n) is 4.95. The summed E-state index contributed by atoms with van der Waals surface area (Å²) < 4.78 is 12.8. The van der Waals surface area contributed by atoms with Crippen LogP contribution in [0, 0.1) is 5.82 Å². The largest absolute Gasteiger partial charge is 0.349 e. The minimum Gasteiger partial charge on any atom is -0.349 e. The minimum atomic E-state index is -0.237. The summed E-state index contributed by atoms with van der Waals surface area (Å²) in [7, 11) is 1.95. The third-order valence-corrected chi connectivity index (χ3v) is 3.97. The zero-order valence-electron chi connectivity index (χ0n) is 13.2. The Kier molecular flexibility index (Phi) is 10.7. The first-order chi connectivity index (χ1) is 10.6. The first-order valence-electron chi connectivity index (χ1n) is 6.94. The van der Waals surface area contributed by atoms with E-state index in [1.807, 2.05) is 7.05 Å². The molecule has 2 aromatic rings. The van der Waals surface area contributed by atoms with Gasteiger partial charge < -0.3 is 16.0 Å². The summed E-state index contributed by atoms with van der Waals surface area (Å²) in [5.74, 6) is -0.426. The van der Waals surface area contributed by atoms with Crippen molar-refractivity contribution in [3.8, 4) is 0 Å². The Hall–Kier alpha value is -1.25. The normalized spacial score (nSPS) is 10.0. The van der Waals surface area contributed by atoms with Crippen LogP contribution in [-0.2, 0) is 13.1 Å². The molecule has 24 heavy (non-hydrogen) atoms. The van der Waals surface area contributed by atoms with Crippen LogP contribution < -0.4 is 11.1 Å². The van der Waals surface area contributed by atoms with Crippen LogP contribution in [0.25, 0.3) is 0 Å². The number of nitrogens with zero attached hydrogens (tertiary/aromatic N) is 2. The number of benzene rings is 1. The van der Waals surface area contributed by atoms with Crippen LogP contribution in [0.4, 0.5) is 4.39 Å². The molecule has 1 heterocycles. The molecule has 0 bridgehead atoms. The van der Waals surface area contributed by atoms with E-state index in [4.69, 9.17) is 5.73 Å². The topological polar surface area (TPSA) is 71.2 Å². The van der Waals surface area contributed by atoms with Gasteiger partial charge in [0, 0.05) is 31.6 Å². The van der Waals surface area contributed by atoms with Crippen LogP contribution in [0.5, 0.6) is 0 Å². The zero-order valence-corrected chi connectivity index (χ0v) is 15.6. The molecule has 9 heteroatoms. The number of nitrogens with one attached hydrogen (secondary N) is 1. The molecular weight excluding hydrogens is 374 g/mol. The Morgan fingerprint density at radius 2 is 2.00 bits per heavy atom. The molecule has 1 aromatic heterocycles. The van der Waals surface area contributed by atoms with Gasteiger partial charge in [0.2, 0.25) is 0 Å². The van der Waals surface area contributed by atoms with Crippen LogP contribution in [0.2, 0.25) is 0 Å². The smallest absolute Gasteiger partial charge is 0.270 e. The van der Waals surface area contributed by atoms with E-state index < -0.39 is 0 Å². The lowest BCUT2D eigenvalue weighted by Gasteiger charge is -2.16. The molecule has 1 amide bonds. The maximum absolute atomic E-state index is 12.8. The molecule has 0 unspecified atom stereocenters. The Morgan fingerprint density at radius 1 is 1.33 bits per heavy atom. The van der Waals surface area contributed by atoms with Gasteiger partial charge in [-0.1, -0.05) is 12.1 Å². The third kappa shape index (κ3) is 7.11. The Balaban J connectivity index is 0.00000264. The molecule has 0 radical (unpaired) electrons. The molecule has 2 rings (SSSR count). The van der Waals surface area contributed by atoms with Gasteiger partial charge in [0.1, 0.15) is 16.5 Å². The molecule has 1 aromatic carbocycles. The fourth-order valence-electron chi connectivity index (χ4n) is 1.94. The number of nitrogens with two attached hydrogens (primary N) is 1. The SMILES string of the molecule is CN(CCNC(=O)c1csc(CN)n1)Cc1ccc(F)cc1.Cl.Cl. The fourth-order valence-corrected chi connectivity index (χ4v) is 2.60. The number of amides is 1. The maximum atomic E-state index is 12.8. The van der Waals surface area contributed by atoms with Crippen molar-refractivity contribution >= 4 is 42.1 Å². The van der Waals surface area contributed by atoms with Gasteiger partial charge >= 0.3 is 0 Å². The van der Waals surface area contributed by atoms with E-state index in [-0.39, 0.29) is 36.5 Å².